The molecule has 2 N–H and O–H groups in total. The summed E-state index contributed by atoms with van der Waals surface area (Å²) in [5.74, 6) is -2.42. The van der Waals surface area contributed by atoms with Crippen molar-refractivity contribution in [3.8, 4) is 5.75 Å². The Hall–Kier alpha value is -4.04. The molecule has 2 fully saturated rings. The van der Waals surface area contributed by atoms with E-state index in [1.807, 2.05) is 6.92 Å². The molecule has 0 radical (unpaired) electrons. The maximum Gasteiger partial charge on any atom is 0.417 e. The Balaban J connectivity index is 1.67. The molecular weight excluding hydrogens is 659 g/mol. The minimum absolute atomic E-state index is 0.0153. The standard InChI is InChI=1S/C35H50F3N5O7/c1-10-27(44)39-13-15-42-25-16-23(24(35(36,37)38)17-26(25)49-33(8,9)29(42)46)28(45)43(20(2)3)22-12-11-14-41(19-22)30(47)34(18-21(34)4)40-31(48)50-32(5,6)7/h16-17,20-22H,10-15,18-19H2,1-9H3,(H,39,44)(H,40,48)/t21?,22-,34?/m1/s1. The molecule has 12 nitrogen and oxygen atoms in total. The molecule has 50 heavy (non-hydrogen) atoms. The first kappa shape index (κ1) is 38.8. The first-order valence-corrected chi connectivity index (χ1v) is 17.2. The Morgan fingerprint density at radius 3 is 2.32 bits per heavy atom. The van der Waals surface area contributed by atoms with Crippen LogP contribution in [0.4, 0.5) is 23.7 Å². The van der Waals surface area contributed by atoms with Gasteiger partial charge < -0.3 is 34.8 Å². The molecule has 2 unspecified atom stereocenters. The molecule has 3 atom stereocenters. The molecule has 2 heterocycles. The van der Waals surface area contributed by atoms with Crippen LogP contribution in [-0.4, -0.2) is 94.5 Å². The van der Waals surface area contributed by atoms with Crippen LogP contribution in [0.5, 0.6) is 5.75 Å². The number of carbonyl (C=O) groups is 5. The number of benzene rings is 1. The van der Waals surface area contributed by atoms with Crippen LogP contribution in [0.3, 0.4) is 0 Å². The van der Waals surface area contributed by atoms with E-state index >= 15 is 0 Å². The van der Waals surface area contributed by atoms with Gasteiger partial charge in [0.1, 0.15) is 16.9 Å². The SMILES string of the molecule is CCC(=O)NCCN1C(=O)C(C)(C)Oc2cc(C(F)(F)F)c(C(=O)N(C(C)C)[C@@H]3CCCN(C(=O)C4(NC(=O)OC(C)(C)C)CC4C)C3)cc21. The van der Waals surface area contributed by atoms with E-state index in [0.29, 0.717) is 25.8 Å². The lowest BCUT2D eigenvalue weighted by atomic mass is 9.96. The summed E-state index contributed by atoms with van der Waals surface area (Å²) in [6.07, 6.45) is -4.15. The molecular formula is C35H50F3N5O7. The molecule has 0 spiro atoms. The van der Waals surface area contributed by atoms with Crippen LogP contribution in [-0.2, 0) is 25.3 Å². The van der Waals surface area contributed by atoms with Crippen molar-refractivity contribution in [3.63, 3.8) is 0 Å². The van der Waals surface area contributed by atoms with Gasteiger partial charge in [0.25, 0.3) is 11.8 Å². The van der Waals surface area contributed by atoms with E-state index in [1.54, 1.807) is 46.4 Å². The van der Waals surface area contributed by atoms with E-state index in [-0.39, 0.29) is 55.2 Å². The molecule has 0 aromatic heterocycles. The molecule has 0 bridgehead atoms. The van der Waals surface area contributed by atoms with E-state index in [1.165, 1.54) is 23.6 Å². The van der Waals surface area contributed by atoms with Crippen molar-refractivity contribution in [2.45, 2.75) is 123 Å². The minimum Gasteiger partial charge on any atom is -0.476 e. The number of likely N-dealkylation sites (tertiary alicyclic amines) is 1. The number of nitrogens with zero attached hydrogens (tertiary/aromatic N) is 3. The highest BCUT2D eigenvalue weighted by molar-refractivity contribution is 6.05. The number of carbonyl (C=O) groups excluding carboxylic acids is 5. The second-order valence-electron chi connectivity index (χ2n) is 15.2. The Morgan fingerprint density at radius 1 is 1.14 bits per heavy atom. The molecule has 2 aliphatic heterocycles. The number of piperidine rings is 1. The lowest BCUT2D eigenvalue weighted by Gasteiger charge is -2.43. The number of anilines is 1. The van der Waals surface area contributed by atoms with E-state index in [4.69, 9.17) is 9.47 Å². The third kappa shape index (κ3) is 8.12. The normalized spacial score (nSPS) is 23.1. The molecule has 5 amide bonds. The van der Waals surface area contributed by atoms with Gasteiger partial charge in [0.2, 0.25) is 11.8 Å². The molecule has 1 saturated heterocycles. The fourth-order valence-corrected chi connectivity index (χ4v) is 6.72. The summed E-state index contributed by atoms with van der Waals surface area (Å²) in [5, 5.41) is 5.42. The summed E-state index contributed by atoms with van der Waals surface area (Å²) < 4.78 is 55.2. The summed E-state index contributed by atoms with van der Waals surface area (Å²) in [6.45, 7) is 15.3. The average molecular weight is 710 g/mol. The minimum atomic E-state index is -4.95. The van der Waals surface area contributed by atoms with Gasteiger partial charge >= 0.3 is 12.3 Å². The predicted molar refractivity (Wildman–Crippen MR) is 179 cm³/mol. The lowest BCUT2D eigenvalue weighted by molar-refractivity contribution is -0.138. The number of alkyl carbamates (subject to hydrolysis) is 1. The van der Waals surface area contributed by atoms with Crippen LogP contribution in [0.1, 0.15) is 104 Å². The molecule has 1 saturated carbocycles. The van der Waals surface area contributed by atoms with Gasteiger partial charge in [0.05, 0.1) is 16.8 Å². The number of amides is 5. The number of halogens is 3. The molecule has 1 aromatic carbocycles. The second kappa shape index (κ2) is 13.9. The summed E-state index contributed by atoms with van der Waals surface area (Å²) in [7, 11) is 0. The summed E-state index contributed by atoms with van der Waals surface area (Å²) >= 11 is 0. The second-order valence-corrected chi connectivity index (χ2v) is 15.2. The van der Waals surface area contributed by atoms with Gasteiger partial charge in [-0.25, -0.2) is 4.79 Å². The van der Waals surface area contributed by atoms with E-state index in [0.717, 1.165) is 12.1 Å². The molecule has 4 rings (SSSR count). The quantitative estimate of drug-likeness (QED) is 0.373. The smallest absolute Gasteiger partial charge is 0.417 e. The molecule has 278 valence electrons. The number of hydrogen-bond donors (Lipinski definition) is 2. The monoisotopic (exact) mass is 709 g/mol. The van der Waals surface area contributed by atoms with Crippen LogP contribution in [0, 0.1) is 5.92 Å². The maximum atomic E-state index is 14.7. The van der Waals surface area contributed by atoms with Crippen molar-refractivity contribution in [2.75, 3.05) is 31.1 Å². The zero-order chi connectivity index (χ0) is 37.6. The first-order chi connectivity index (χ1) is 23.0. The van der Waals surface area contributed by atoms with E-state index < -0.39 is 64.0 Å². The summed E-state index contributed by atoms with van der Waals surface area (Å²) in [4.78, 5) is 70.4. The van der Waals surface area contributed by atoms with Crippen molar-refractivity contribution in [2.24, 2.45) is 5.92 Å². The number of rotatable bonds is 9. The fraction of sp³-hybridized carbons (Fsp3) is 0.686. The Bertz CT molecular complexity index is 1520. The molecule has 1 aromatic rings. The number of nitrogens with one attached hydrogen (secondary N) is 2. The largest absolute Gasteiger partial charge is 0.476 e. The highest BCUT2D eigenvalue weighted by Gasteiger charge is 2.61. The van der Waals surface area contributed by atoms with Crippen LogP contribution in [0.15, 0.2) is 12.1 Å². The fourth-order valence-electron chi connectivity index (χ4n) is 6.72. The van der Waals surface area contributed by atoms with Gasteiger partial charge in [0.15, 0.2) is 5.60 Å². The summed E-state index contributed by atoms with van der Waals surface area (Å²) in [5.41, 5.74) is -5.34. The third-order valence-electron chi connectivity index (χ3n) is 9.31. The topological polar surface area (TPSA) is 138 Å². The van der Waals surface area contributed by atoms with Gasteiger partial charge in [-0.1, -0.05) is 13.8 Å². The first-order valence-electron chi connectivity index (χ1n) is 17.2. The zero-order valence-corrected chi connectivity index (χ0v) is 30.4. The Labute approximate surface area is 291 Å². The van der Waals surface area contributed by atoms with Crippen LogP contribution in [0.25, 0.3) is 0 Å². The van der Waals surface area contributed by atoms with Crippen molar-refractivity contribution in [3.05, 3.63) is 23.3 Å². The predicted octanol–water partition coefficient (Wildman–Crippen LogP) is 4.88. The van der Waals surface area contributed by atoms with Gasteiger partial charge in [-0.05, 0) is 85.8 Å². The number of fused-ring (bicyclic) bond motifs is 1. The number of alkyl halides is 3. The van der Waals surface area contributed by atoms with Crippen molar-refractivity contribution < 1.29 is 46.6 Å². The van der Waals surface area contributed by atoms with Gasteiger partial charge in [-0.15, -0.1) is 0 Å². The molecule has 15 heteroatoms. The average Bonchev–Trinajstić information content (AvgIpc) is 3.65. The molecule has 1 aliphatic carbocycles. The van der Waals surface area contributed by atoms with E-state index in [2.05, 4.69) is 10.6 Å². The van der Waals surface area contributed by atoms with E-state index in [9.17, 15) is 37.1 Å². The van der Waals surface area contributed by atoms with Crippen LogP contribution in [0.2, 0.25) is 0 Å². The number of ether oxygens (including phenoxy) is 2. The Kier molecular flexibility index (Phi) is 10.8. The van der Waals surface area contributed by atoms with Crippen molar-refractivity contribution in [1.29, 1.82) is 0 Å². The van der Waals surface area contributed by atoms with Gasteiger partial charge in [-0.2, -0.15) is 13.2 Å². The van der Waals surface area contributed by atoms with Crippen molar-refractivity contribution >= 4 is 35.4 Å². The number of hydrogen-bond acceptors (Lipinski definition) is 7. The zero-order valence-electron chi connectivity index (χ0n) is 30.4. The lowest BCUT2D eigenvalue weighted by Crippen LogP contribution is -2.59. The highest BCUT2D eigenvalue weighted by atomic mass is 19.4. The van der Waals surface area contributed by atoms with Crippen LogP contribution < -0.4 is 20.3 Å². The third-order valence-corrected chi connectivity index (χ3v) is 9.31. The summed E-state index contributed by atoms with van der Waals surface area (Å²) in [6, 6.07) is 0.597. The maximum absolute atomic E-state index is 14.7. The van der Waals surface area contributed by atoms with Crippen molar-refractivity contribution in [1.82, 2.24) is 20.4 Å². The Morgan fingerprint density at radius 2 is 1.78 bits per heavy atom. The highest BCUT2D eigenvalue weighted by Crippen LogP contribution is 2.46. The van der Waals surface area contributed by atoms with Crippen LogP contribution >= 0.6 is 0 Å². The van der Waals surface area contributed by atoms with Gasteiger partial charge in [-0.3, -0.25) is 19.2 Å². The molecule has 3 aliphatic rings. The van der Waals surface area contributed by atoms with Gasteiger partial charge in [0, 0.05) is 44.7 Å².